The maximum absolute atomic E-state index is 13.9. The van der Waals surface area contributed by atoms with Gasteiger partial charge in [0.1, 0.15) is 0 Å². The van der Waals surface area contributed by atoms with Crippen LogP contribution in [0.2, 0.25) is 18.1 Å². The second kappa shape index (κ2) is 18.4. The standard InChI is InChI=1S/C33H69OSi/c1-31(2,3)25-19-13-10-16-22-28-35(34,29-23-17-11-14-20-26-32(4,5)6)30-24-18-12-15-21-27-33(7,8)9/h10-30H2,1-9H3. The van der Waals surface area contributed by atoms with Crippen LogP contribution in [0.4, 0.5) is 0 Å². The molecule has 0 saturated carbocycles. The largest absolute Gasteiger partial charge is 0.297 e. The van der Waals surface area contributed by atoms with Crippen molar-refractivity contribution in [1.29, 1.82) is 0 Å². The molecule has 0 spiro atoms. The highest BCUT2D eigenvalue weighted by Gasteiger charge is 2.31. The molecule has 1 radical (unpaired) electrons. The van der Waals surface area contributed by atoms with E-state index in [1.807, 2.05) is 0 Å². The van der Waals surface area contributed by atoms with Gasteiger partial charge in [0.15, 0.2) is 0 Å². The molecular formula is C33H69OSi. The van der Waals surface area contributed by atoms with Crippen molar-refractivity contribution in [2.75, 3.05) is 0 Å². The maximum atomic E-state index is 13.9. The van der Waals surface area contributed by atoms with Gasteiger partial charge in [0.25, 0.3) is 0 Å². The number of rotatable bonds is 21. The molecule has 0 aromatic heterocycles. The Morgan fingerprint density at radius 1 is 0.343 bits per heavy atom. The van der Waals surface area contributed by atoms with Gasteiger partial charge >= 0.3 is 0 Å². The first-order valence-electron chi connectivity index (χ1n) is 15.8. The lowest BCUT2D eigenvalue weighted by atomic mass is 9.89. The van der Waals surface area contributed by atoms with E-state index in [-0.39, 0.29) is 0 Å². The number of hydrogen-bond donors (Lipinski definition) is 0. The second-order valence-electron chi connectivity index (χ2n) is 15.7. The average Bonchev–Trinajstić information content (AvgIpc) is 2.69. The van der Waals surface area contributed by atoms with Crippen molar-refractivity contribution in [2.24, 2.45) is 16.2 Å². The highest BCUT2D eigenvalue weighted by atomic mass is 28.4. The molecule has 211 valence electrons. The van der Waals surface area contributed by atoms with Crippen molar-refractivity contribution in [1.82, 2.24) is 0 Å². The lowest BCUT2D eigenvalue weighted by Gasteiger charge is -2.23. The Labute approximate surface area is 225 Å². The van der Waals surface area contributed by atoms with E-state index in [4.69, 9.17) is 0 Å². The van der Waals surface area contributed by atoms with Gasteiger partial charge < -0.3 is 0 Å². The SMILES string of the molecule is CC(C)(C)CCCCCCC[Si]([O])(CCCCCCCC(C)(C)C)CCCCCCCC(C)(C)C. The van der Waals surface area contributed by atoms with Gasteiger partial charge in [-0.1, -0.05) is 159 Å². The molecule has 0 heterocycles. The molecule has 0 unspecified atom stereocenters. The first-order chi connectivity index (χ1) is 16.1. The Balaban J connectivity index is 4.25. The van der Waals surface area contributed by atoms with Gasteiger partial charge in [0.05, 0.1) is 0 Å². The summed E-state index contributed by atoms with van der Waals surface area (Å²) in [4.78, 5) is 13.9. The molecule has 0 rings (SSSR count). The minimum absolute atomic E-state index is 0.469. The molecule has 0 aliphatic heterocycles. The van der Waals surface area contributed by atoms with Crippen LogP contribution in [-0.4, -0.2) is 8.32 Å². The van der Waals surface area contributed by atoms with Gasteiger partial charge in [-0.05, 0) is 53.6 Å². The van der Waals surface area contributed by atoms with Crippen LogP contribution in [0.3, 0.4) is 0 Å². The third-order valence-electron chi connectivity index (χ3n) is 7.68. The molecular weight excluding hydrogens is 440 g/mol. The molecule has 0 saturated heterocycles. The lowest BCUT2D eigenvalue weighted by molar-refractivity contribution is 0.355. The van der Waals surface area contributed by atoms with Gasteiger partial charge in [0.2, 0.25) is 8.32 Å². The zero-order valence-electron chi connectivity index (χ0n) is 26.3. The van der Waals surface area contributed by atoms with E-state index >= 15 is 0 Å². The van der Waals surface area contributed by atoms with Crippen LogP contribution >= 0.6 is 0 Å². The van der Waals surface area contributed by atoms with Gasteiger partial charge in [-0.2, -0.15) is 0 Å². The van der Waals surface area contributed by atoms with E-state index in [0.29, 0.717) is 16.2 Å². The van der Waals surface area contributed by atoms with Crippen LogP contribution in [0.15, 0.2) is 0 Å². The fraction of sp³-hybridized carbons (Fsp3) is 1.00. The Morgan fingerprint density at radius 2 is 0.543 bits per heavy atom. The van der Waals surface area contributed by atoms with Crippen LogP contribution in [0.25, 0.3) is 0 Å². The van der Waals surface area contributed by atoms with Gasteiger partial charge in [-0.25, -0.2) is 0 Å². The van der Waals surface area contributed by atoms with Crippen LogP contribution in [0, 0.1) is 16.2 Å². The van der Waals surface area contributed by atoms with Crippen molar-refractivity contribution in [2.45, 2.75) is 196 Å². The average molecular weight is 510 g/mol. The second-order valence-corrected chi connectivity index (χ2v) is 19.5. The third-order valence-corrected chi connectivity index (χ3v) is 11.5. The van der Waals surface area contributed by atoms with E-state index in [9.17, 15) is 4.80 Å². The summed E-state index contributed by atoms with van der Waals surface area (Å²) in [5.41, 5.74) is 1.41. The molecule has 0 atom stereocenters. The van der Waals surface area contributed by atoms with Crippen molar-refractivity contribution in [3.05, 3.63) is 0 Å². The van der Waals surface area contributed by atoms with Gasteiger partial charge in [0, 0.05) is 0 Å². The third kappa shape index (κ3) is 27.0. The molecule has 0 amide bonds. The van der Waals surface area contributed by atoms with Crippen molar-refractivity contribution in [3.8, 4) is 0 Å². The minimum atomic E-state index is -2.29. The number of unbranched alkanes of at least 4 members (excludes halogenated alkanes) is 12. The lowest BCUT2D eigenvalue weighted by Crippen LogP contribution is -2.32. The summed E-state index contributed by atoms with van der Waals surface area (Å²) in [6.07, 6.45) is 23.6. The van der Waals surface area contributed by atoms with E-state index in [0.717, 1.165) is 18.1 Å². The Morgan fingerprint density at radius 3 is 0.771 bits per heavy atom. The molecule has 0 aliphatic rings. The zero-order chi connectivity index (χ0) is 26.8. The Hall–Kier alpha value is 0.177. The van der Waals surface area contributed by atoms with Crippen LogP contribution in [-0.2, 0) is 4.80 Å². The van der Waals surface area contributed by atoms with Crippen molar-refractivity contribution < 1.29 is 4.80 Å². The molecule has 35 heavy (non-hydrogen) atoms. The van der Waals surface area contributed by atoms with E-state index < -0.39 is 8.32 Å². The molecule has 2 heteroatoms. The molecule has 0 aliphatic carbocycles. The molecule has 0 aromatic carbocycles. The predicted molar refractivity (Wildman–Crippen MR) is 162 cm³/mol. The van der Waals surface area contributed by atoms with Crippen LogP contribution < -0.4 is 0 Å². The predicted octanol–water partition coefficient (Wildman–Crippen LogP) is 12.5. The maximum Gasteiger partial charge on any atom is 0.237 e. The summed E-state index contributed by atoms with van der Waals surface area (Å²) in [7, 11) is -2.29. The van der Waals surface area contributed by atoms with Crippen LogP contribution in [0.5, 0.6) is 0 Å². The van der Waals surface area contributed by atoms with E-state index in [1.54, 1.807) is 0 Å². The molecule has 0 fully saturated rings. The smallest absolute Gasteiger partial charge is 0.237 e. The van der Waals surface area contributed by atoms with Crippen molar-refractivity contribution in [3.63, 3.8) is 0 Å². The zero-order valence-corrected chi connectivity index (χ0v) is 27.3. The molecule has 0 aromatic rings. The van der Waals surface area contributed by atoms with Gasteiger partial charge in [-0.3, -0.25) is 4.80 Å². The number of hydrogen-bond acceptors (Lipinski definition) is 0. The summed E-state index contributed by atoms with van der Waals surface area (Å²) < 4.78 is 0. The molecule has 0 bridgehead atoms. The summed E-state index contributed by atoms with van der Waals surface area (Å²) in [6.45, 7) is 21.1. The Kier molecular flexibility index (Phi) is 18.5. The first kappa shape index (κ1) is 35.2. The highest BCUT2D eigenvalue weighted by molar-refractivity contribution is 6.72. The van der Waals surface area contributed by atoms with E-state index in [2.05, 4.69) is 62.3 Å². The van der Waals surface area contributed by atoms with E-state index in [1.165, 1.54) is 116 Å². The summed E-state index contributed by atoms with van der Waals surface area (Å²) in [5, 5.41) is 0. The van der Waals surface area contributed by atoms with Crippen LogP contribution in [0.1, 0.15) is 178 Å². The van der Waals surface area contributed by atoms with Crippen molar-refractivity contribution >= 4 is 8.32 Å². The van der Waals surface area contributed by atoms with Gasteiger partial charge in [-0.15, -0.1) is 0 Å². The monoisotopic (exact) mass is 510 g/mol. The topological polar surface area (TPSA) is 19.9 Å². The Bertz CT molecular complexity index is 407. The summed E-state index contributed by atoms with van der Waals surface area (Å²) in [5.74, 6) is 0. The summed E-state index contributed by atoms with van der Waals surface area (Å²) >= 11 is 0. The molecule has 0 N–H and O–H groups in total. The fourth-order valence-electron chi connectivity index (χ4n) is 5.27. The summed E-state index contributed by atoms with van der Waals surface area (Å²) in [6, 6.07) is 3.17. The minimum Gasteiger partial charge on any atom is -0.297 e. The normalized spacial score (nSPS) is 13.5. The quantitative estimate of drug-likeness (QED) is 0.108. The fourth-order valence-corrected chi connectivity index (χ4v) is 8.71. The first-order valence-corrected chi connectivity index (χ1v) is 18.4. The molecule has 1 nitrogen and oxygen atoms in total. The highest BCUT2D eigenvalue weighted by Crippen LogP contribution is 2.30.